The average Bonchev–Trinajstić information content (AvgIpc) is 2.26. The highest BCUT2D eigenvalue weighted by Gasteiger charge is 2.10. The van der Waals surface area contributed by atoms with Gasteiger partial charge in [0.1, 0.15) is 0 Å². The summed E-state index contributed by atoms with van der Waals surface area (Å²) in [6.45, 7) is 3.87. The minimum atomic E-state index is -0.116. The highest BCUT2D eigenvalue weighted by molar-refractivity contribution is 6.18. The minimum absolute atomic E-state index is 0.0282. The van der Waals surface area contributed by atoms with E-state index < -0.39 is 0 Å². The number of carbonyl (C=O) groups excluding carboxylic acids is 1. The van der Waals surface area contributed by atoms with Crippen molar-refractivity contribution in [3.05, 3.63) is 29.6 Å². The summed E-state index contributed by atoms with van der Waals surface area (Å²) in [5, 5.41) is 2.84. The molecule has 0 aliphatic heterocycles. The van der Waals surface area contributed by atoms with Gasteiger partial charge < -0.3 is 5.32 Å². The Bertz CT molecular complexity index is 320. The Morgan fingerprint density at radius 1 is 1.60 bits per heavy atom. The van der Waals surface area contributed by atoms with E-state index in [1.54, 1.807) is 12.3 Å². The van der Waals surface area contributed by atoms with Crippen LogP contribution in [0.3, 0.4) is 0 Å². The van der Waals surface area contributed by atoms with Gasteiger partial charge in [-0.1, -0.05) is 6.92 Å². The summed E-state index contributed by atoms with van der Waals surface area (Å²) in [6.07, 6.45) is 2.40. The number of rotatable bonds is 4. The van der Waals surface area contributed by atoms with Gasteiger partial charge in [0.25, 0.3) is 5.91 Å². The standard InChI is InChI=1S/C11H15ClN2O/c1-3-10(6-12)14-11(15)9-5-4-8(2)13-7-9/h4-5,7,10H,3,6H2,1-2H3,(H,14,15). The Morgan fingerprint density at radius 2 is 2.33 bits per heavy atom. The van der Waals surface area contributed by atoms with Crippen LogP contribution in [0.5, 0.6) is 0 Å². The molecule has 1 rings (SSSR count). The quantitative estimate of drug-likeness (QED) is 0.800. The van der Waals surface area contributed by atoms with Gasteiger partial charge in [0.15, 0.2) is 0 Å². The maximum atomic E-state index is 11.7. The first kappa shape index (κ1) is 12.0. The monoisotopic (exact) mass is 226 g/mol. The number of alkyl halides is 1. The Kier molecular flexibility index (Phi) is 4.56. The third-order valence-corrected chi connectivity index (χ3v) is 2.56. The predicted octanol–water partition coefficient (Wildman–Crippen LogP) is 2.14. The first-order valence-electron chi connectivity index (χ1n) is 4.96. The highest BCUT2D eigenvalue weighted by atomic mass is 35.5. The molecule has 3 nitrogen and oxygen atoms in total. The van der Waals surface area contributed by atoms with Crippen molar-refractivity contribution in [2.75, 3.05) is 5.88 Å². The van der Waals surface area contributed by atoms with Gasteiger partial charge in [-0.2, -0.15) is 0 Å². The summed E-state index contributed by atoms with van der Waals surface area (Å²) >= 11 is 5.69. The van der Waals surface area contributed by atoms with E-state index in [0.29, 0.717) is 11.4 Å². The lowest BCUT2D eigenvalue weighted by Gasteiger charge is -2.13. The molecular formula is C11H15ClN2O. The number of hydrogen-bond acceptors (Lipinski definition) is 2. The molecule has 0 radical (unpaired) electrons. The Hall–Kier alpha value is -1.09. The van der Waals surface area contributed by atoms with Crippen molar-refractivity contribution < 1.29 is 4.79 Å². The van der Waals surface area contributed by atoms with Crippen LogP contribution in [-0.4, -0.2) is 22.8 Å². The number of nitrogens with one attached hydrogen (secondary N) is 1. The van der Waals surface area contributed by atoms with Crippen LogP contribution in [-0.2, 0) is 0 Å². The average molecular weight is 227 g/mol. The molecule has 0 aromatic carbocycles. The molecule has 1 aromatic heterocycles. The van der Waals surface area contributed by atoms with Crippen LogP contribution in [0, 0.1) is 6.92 Å². The number of aryl methyl sites for hydroxylation is 1. The smallest absolute Gasteiger partial charge is 0.253 e. The minimum Gasteiger partial charge on any atom is -0.348 e. The Morgan fingerprint density at radius 3 is 2.80 bits per heavy atom. The first-order valence-corrected chi connectivity index (χ1v) is 5.50. The number of pyridine rings is 1. The molecule has 1 unspecified atom stereocenters. The van der Waals surface area contributed by atoms with Crippen molar-refractivity contribution in [1.29, 1.82) is 0 Å². The lowest BCUT2D eigenvalue weighted by atomic mass is 10.2. The molecule has 1 aromatic rings. The normalized spacial score (nSPS) is 12.2. The van der Waals surface area contributed by atoms with Crippen molar-refractivity contribution in [1.82, 2.24) is 10.3 Å². The number of halogens is 1. The molecule has 1 N–H and O–H groups in total. The molecule has 0 aliphatic rings. The summed E-state index contributed by atoms with van der Waals surface area (Å²) in [7, 11) is 0. The molecule has 82 valence electrons. The van der Waals surface area contributed by atoms with Gasteiger partial charge in [-0.25, -0.2) is 0 Å². The van der Waals surface area contributed by atoms with E-state index in [1.807, 2.05) is 19.9 Å². The van der Waals surface area contributed by atoms with Gasteiger partial charge >= 0.3 is 0 Å². The lowest BCUT2D eigenvalue weighted by Crippen LogP contribution is -2.35. The SMILES string of the molecule is CCC(CCl)NC(=O)c1ccc(C)nc1. The second-order valence-electron chi connectivity index (χ2n) is 3.42. The van der Waals surface area contributed by atoms with Gasteiger partial charge in [-0.05, 0) is 25.5 Å². The molecule has 1 atom stereocenters. The third-order valence-electron chi connectivity index (χ3n) is 2.19. The summed E-state index contributed by atoms with van der Waals surface area (Å²) < 4.78 is 0. The highest BCUT2D eigenvalue weighted by Crippen LogP contribution is 2.01. The fourth-order valence-corrected chi connectivity index (χ4v) is 1.42. The Balaban J connectivity index is 2.64. The third kappa shape index (κ3) is 3.51. The number of hydrogen-bond donors (Lipinski definition) is 1. The van der Waals surface area contributed by atoms with Crippen molar-refractivity contribution in [3.63, 3.8) is 0 Å². The summed E-state index contributed by atoms with van der Waals surface area (Å²) in [4.78, 5) is 15.7. The van der Waals surface area contributed by atoms with Crippen molar-refractivity contribution >= 4 is 17.5 Å². The van der Waals surface area contributed by atoms with E-state index in [1.165, 1.54) is 0 Å². The molecule has 0 spiro atoms. The maximum Gasteiger partial charge on any atom is 0.253 e. The zero-order chi connectivity index (χ0) is 11.3. The van der Waals surface area contributed by atoms with Crippen LogP contribution in [0.1, 0.15) is 29.4 Å². The molecule has 0 saturated carbocycles. The van der Waals surface area contributed by atoms with Crippen molar-refractivity contribution in [2.45, 2.75) is 26.3 Å². The van der Waals surface area contributed by atoms with Crippen LogP contribution in [0.25, 0.3) is 0 Å². The van der Waals surface area contributed by atoms with E-state index in [4.69, 9.17) is 11.6 Å². The van der Waals surface area contributed by atoms with Gasteiger partial charge in [0, 0.05) is 23.8 Å². The van der Waals surface area contributed by atoms with E-state index >= 15 is 0 Å². The van der Waals surface area contributed by atoms with Gasteiger partial charge in [-0.15, -0.1) is 11.6 Å². The zero-order valence-electron chi connectivity index (χ0n) is 8.96. The van der Waals surface area contributed by atoms with E-state index in [0.717, 1.165) is 12.1 Å². The van der Waals surface area contributed by atoms with Gasteiger partial charge in [0.05, 0.1) is 5.56 Å². The second kappa shape index (κ2) is 5.71. The molecule has 15 heavy (non-hydrogen) atoms. The number of carbonyl (C=O) groups is 1. The van der Waals surface area contributed by atoms with Gasteiger partial charge in [-0.3, -0.25) is 9.78 Å². The predicted molar refractivity (Wildman–Crippen MR) is 61.2 cm³/mol. The largest absolute Gasteiger partial charge is 0.348 e. The van der Waals surface area contributed by atoms with E-state index in [9.17, 15) is 4.79 Å². The second-order valence-corrected chi connectivity index (χ2v) is 3.73. The molecule has 0 saturated heterocycles. The van der Waals surface area contributed by atoms with Crippen molar-refractivity contribution in [2.24, 2.45) is 0 Å². The molecule has 0 bridgehead atoms. The summed E-state index contributed by atoms with van der Waals surface area (Å²) in [5.74, 6) is 0.316. The molecular weight excluding hydrogens is 212 g/mol. The van der Waals surface area contributed by atoms with Crippen LogP contribution >= 0.6 is 11.6 Å². The van der Waals surface area contributed by atoms with Crippen LogP contribution in [0.15, 0.2) is 18.3 Å². The maximum absolute atomic E-state index is 11.7. The molecule has 0 fully saturated rings. The summed E-state index contributed by atoms with van der Waals surface area (Å²) in [6, 6.07) is 3.61. The van der Waals surface area contributed by atoms with Gasteiger partial charge in [0.2, 0.25) is 0 Å². The van der Waals surface area contributed by atoms with E-state index in [-0.39, 0.29) is 11.9 Å². The number of aromatic nitrogens is 1. The fraction of sp³-hybridized carbons (Fsp3) is 0.455. The molecule has 1 heterocycles. The van der Waals surface area contributed by atoms with Crippen LogP contribution in [0.2, 0.25) is 0 Å². The zero-order valence-corrected chi connectivity index (χ0v) is 9.71. The number of amides is 1. The Labute approximate surface area is 94.9 Å². The first-order chi connectivity index (χ1) is 7.17. The summed E-state index contributed by atoms with van der Waals surface area (Å²) in [5.41, 5.74) is 1.47. The fourth-order valence-electron chi connectivity index (χ4n) is 1.12. The topological polar surface area (TPSA) is 42.0 Å². The molecule has 4 heteroatoms. The van der Waals surface area contributed by atoms with Crippen LogP contribution < -0.4 is 5.32 Å². The molecule has 0 aliphatic carbocycles. The number of nitrogens with zero attached hydrogens (tertiary/aromatic N) is 1. The lowest BCUT2D eigenvalue weighted by molar-refractivity contribution is 0.0939. The van der Waals surface area contributed by atoms with E-state index in [2.05, 4.69) is 10.3 Å². The van der Waals surface area contributed by atoms with Crippen LogP contribution in [0.4, 0.5) is 0 Å². The van der Waals surface area contributed by atoms with Crippen molar-refractivity contribution in [3.8, 4) is 0 Å². The molecule has 1 amide bonds.